The van der Waals surface area contributed by atoms with Crippen molar-refractivity contribution < 1.29 is 14.0 Å². The molecule has 7 heteroatoms. The number of Topliss-reactive ketones (excluding diaryl/α,β-unsaturated/α-hetero) is 1. The minimum atomic E-state index is -0.912. The molecule has 2 unspecified atom stereocenters. The zero-order valence-electron chi connectivity index (χ0n) is 18.8. The third-order valence-electron chi connectivity index (χ3n) is 6.04. The number of benzene rings is 2. The Kier molecular flexibility index (Phi) is 6.16. The maximum Gasteiger partial charge on any atom is 0.339 e. The van der Waals surface area contributed by atoms with E-state index in [1.165, 1.54) is 0 Å². The zero-order valence-corrected chi connectivity index (χ0v) is 18.8. The predicted molar refractivity (Wildman–Crippen MR) is 128 cm³/mol. The lowest BCUT2D eigenvalue weighted by Gasteiger charge is -2.22. The Balaban J connectivity index is 1.80. The number of nitrogens with one attached hydrogen (secondary N) is 2. The fourth-order valence-corrected chi connectivity index (χ4v) is 4.03. The van der Waals surface area contributed by atoms with Crippen LogP contribution in [0.1, 0.15) is 35.3 Å². The molecule has 0 spiro atoms. The number of carbonyl (C=O) groups is 2. The maximum atomic E-state index is 13.9. The first-order valence-corrected chi connectivity index (χ1v) is 11.0. The summed E-state index contributed by atoms with van der Waals surface area (Å²) in [5.41, 5.74) is 8.10. The number of para-hydroxylation sites is 2. The summed E-state index contributed by atoms with van der Waals surface area (Å²) >= 11 is 0. The van der Waals surface area contributed by atoms with Crippen molar-refractivity contribution in [3.05, 3.63) is 81.8 Å². The minimum Gasteiger partial charge on any atom is -0.422 e. The monoisotopic (exact) mass is 445 g/mol. The van der Waals surface area contributed by atoms with Gasteiger partial charge in [0.25, 0.3) is 0 Å². The standard InChI is InChI=1S/C26H27N3O4/c1-14(2)23(27)25(31)29-20(12-16-13-28-19-10-6-4-8-17(16)19)24(30)22-15(3)26(32)33-21-11-7-5-9-18(21)22/h4-11,13-14,20,23,28H,12,27H2,1-3H3,(H,29,31). The fraction of sp³-hybridized carbons (Fsp3) is 0.269. The van der Waals surface area contributed by atoms with Gasteiger partial charge in [0, 0.05) is 40.0 Å². The van der Waals surface area contributed by atoms with Gasteiger partial charge in [0.1, 0.15) is 5.58 Å². The number of fused-ring (bicyclic) bond motifs is 2. The molecule has 4 N–H and O–H groups in total. The van der Waals surface area contributed by atoms with Crippen LogP contribution in [0.25, 0.3) is 21.9 Å². The van der Waals surface area contributed by atoms with Crippen molar-refractivity contribution in [1.29, 1.82) is 0 Å². The highest BCUT2D eigenvalue weighted by Crippen LogP contribution is 2.24. The van der Waals surface area contributed by atoms with Crippen LogP contribution in [0.3, 0.4) is 0 Å². The molecule has 0 aliphatic carbocycles. The van der Waals surface area contributed by atoms with Crippen LogP contribution in [0.15, 0.2) is 63.9 Å². The van der Waals surface area contributed by atoms with E-state index in [-0.39, 0.29) is 29.2 Å². The van der Waals surface area contributed by atoms with Crippen molar-refractivity contribution in [3.8, 4) is 0 Å². The molecule has 0 saturated carbocycles. The number of nitrogens with two attached hydrogens (primary N) is 1. The summed E-state index contributed by atoms with van der Waals surface area (Å²) in [5, 5.41) is 4.35. The van der Waals surface area contributed by atoms with Gasteiger partial charge in [-0.05, 0) is 30.5 Å². The third-order valence-corrected chi connectivity index (χ3v) is 6.04. The molecule has 0 aliphatic heterocycles. The second kappa shape index (κ2) is 9.03. The molecule has 2 atom stereocenters. The molecule has 1 amide bonds. The van der Waals surface area contributed by atoms with Crippen molar-refractivity contribution in [3.63, 3.8) is 0 Å². The van der Waals surface area contributed by atoms with Crippen LogP contribution in [0.5, 0.6) is 0 Å². The Morgan fingerprint density at radius 2 is 1.73 bits per heavy atom. The fourth-order valence-electron chi connectivity index (χ4n) is 4.03. The van der Waals surface area contributed by atoms with Crippen molar-refractivity contribution in [1.82, 2.24) is 10.3 Å². The lowest BCUT2D eigenvalue weighted by Crippen LogP contribution is -2.51. The number of H-pyrrole nitrogens is 1. The Hall–Kier alpha value is -3.71. The van der Waals surface area contributed by atoms with Gasteiger partial charge in [-0.1, -0.05) is 50.2 Å². The number of ketones is 1. The number of hydrogen-bond acceptors (Lipinski definition) is 5. The molecular weight excluding hydrogens is 418 g/mol. The Bertz CT molecular complexity index is 1400. The number of amides is 1. The van der Waals surface area contributed by atoms with Crippen LogP contribution in [0.4, 0.5) is 0 Å². The van der Waals surface area contributed by atoms with Crippen molar-refractivity contribution >= 4 is 33.6 Å². The van der Waals surface area contributed by atoms with Crippen LogP contribution in [0, 0.1) is 12.8 Å². The first-order valence-electron chi connectivity index (χ1n) is 11.0. The Morgan fingerprint density at radius 1 is 1.06 bits per heavy atom. The molecule has 0 saturated heterocycles. The maximum absolute atomic E-state index is 13.9. The van der Waals surface area contributed by atoms with E-state index < -0.39 is 23.6 Å². The molecule has 0 fully saturated rings. The third kappa shape index (κ3) is 4.32. The van der Waals surface area contributed by atoms with Gasteiger partial charge >= 0.3 is 5.63 Å². The van der Waals surface area contributed by atoms with E-state index in [2.05, 4.69) is 10.3 Å². The summed E-state index contributed by atoms with van der Waals surface area (Å²) in [7, 11) is 0. The number of rotatable bonds is 7. The number of hydrogen-bond donors (Lipinski definition) is 3. The second-order valence-corrected chi connectivity index (χ2v) is 8.64. The van der Waals surface area contributed by atoms with Crippen LogP contribution in [0.2, 0.25) is 0 Å². The van der Waals surface area contributed by atoms with Gasteiger partial charge in [-0.25, -0.2) is 4.79 Å². The van der Waals surface area contributed by atoms with Crippen LogP contribution in [-0.2, 0) is 11.2 Å². The largest absolute Gasteiger partial charge is 0.422 e. The van der Waals surface area contributed by atoms with Crippen LogP contribution >= 0.6 is 0 Å². The first-order chi connectivity index (χ1) is 15.8. The van der Waals surface area contributed by atoms with E-state index in [0.29, 0.717) is 11.0 Å². The highest BCUT2D eigenvalue weighted by Gasteiger charge is 2.30. The molecule has 0 bridgehead atoms. The number of carbonyl (C=O) groups excluding carboxylic acids is 2. The second-order valence-electron chi connectivity index (χ2n) is 8.64. The lowest BCUT2D eigenvalue weighted by atomic mass is 9.92. The number of aromatic amines is 1. The summed E-state index contributed by atoms with van der Waals surface area (Å²) in [6.45, 7) is 5.26. The Labute approximate surface area is 191 Å². The van der Waals surface area contributed by atoms with Crippen LogP contribution < -0.4 is 16.7 Å². The first kappa shape index (κ1) is 22.5. The normalized spacial score (nSPS) is 13.4. The van der Waals surface area contributed by atoms with Crippen LogP contribution in [-0.4, -0.2) is 28.8 Å². The molecule has 33 heavy (non-hydrogen) atoms. The van der Waals surface area contributed by atoms with E-state index in [1.807, 2.05) is 44.3 Å². The van der Waals surface area contributed by atoms with Gasteiger partial charge < -0.3 is 20.5 Å². The zero-order chi connectivity index (χ0) is 23.7. The molecule has 2 aromatic heterocycles. The highest BCUT2D eigenvalue weighted by molar-refractivity contribution is 6.11. The molecule has 0 radical (unpaired) electrons. The van der Waals surface area contributed by atoms with Crippen molar-refractivity contribution in [2.45, 2.75) is 39.3 Å². The van der Waals surface area contributed by atoms with E-state index >= 15 is 0 Å². The van der Waals surface area contributed by atoms with E-state index in [9.17, 15) is 14.4 Å². The molecule has 4 aromatic rings. The summed E-state index contributed by atoms with van der Waals surface area (Å²) in [5.74, 6) is -0.862. The van der Waals surface area contributed by atoms with E-state index in [1.54, 1.807) is 31.2 Å². The van der Waals surface area contributed by atoms with Gasteiger partial charge in [-0.15, -0.1) is 0 Å². The SMILES string of the molecule is Cc1c(C(=O)C(Cc2c[nH]c3ccccc23)NC(=O)C(N)C(C)C)c2ccccc2oc1=O. The lowest BCUT2D eigenvalue weighted by molar-refractivity contribution is -0.123. The predicted octanol–water partition coefficient (Wildman–Crippen LogP) is 3.48. The summed E-state index contributed by atoms with van der Waals surface area (Å²) < 4.78 is 5.36. The van der Waals surface area contributed by atoms with Gasteiger partial charge in [0.2, 0.25) is 5.91 Å². The molecule has 2 aromatic carbocycles. The minimum absolute atomic E-state index is 0.0971. The molecule has 4 rings (SSSR count). The smallest absolute Gasteiger partial charge is 0.339 e. The van der Waals surface area contributed by atoms with E-state index in [0.717, 1.165) is 16.5 Å². The Morgan fingerprint density at radius 3 is 2.45 bits per heavy atom. The quantitative estimate of drug-likeness (QED) is 0.297. The topological polar surface area (TPSA) is 118 Å². The average molecular weight is 446 g/mol. The molecular formula is C26H27N3O4. The molecule has 2 heterocycles. The van der Waals surface area contributed by atoms with Gasteiger partial charge in [-0.2, -0.15) is 0 Å². The van der Waals surface area contributed by atoms with Crippen molar-refractivity contribution in [2.75, 3.05) is 0 Å². The highest BCUT2D eigenvalue weighted by atomic mass is 16.4. The molecule has 0 aliphatic rings. The molecule has 170 valence electrons. The summed E-state index contributed by atoms with van der Waals surface area (Å²) in [6.07, 6.45) is 2.08. The van der Waals surface area contributed by atoms with Gasteiger partial charge in [0.05, 0.1) is 12.1 Å². The number of aromatic nitrogens is 1. The van der Waals surface area contributed by atoms with Gasteiger partial charge in [-0.3, -0.25) is 9.59 Å². The molecule has 7 nitrogen and oxygen atoms in total. The average Bonchev–Trinajstić information content (AvgIpc) is 3.21. The van der Waals surface area contributed by atoms with E-state index in [4.69, 9.17) is 10.2 Å². The van der Waals surface area contributed by atoms with Crippen molar-refractivity contribution in [2.24, 2.45) is 11.7 Å². The summed E-state index contributed by atoms with van der Waals surface area (Å²) in [4.78, 5) is 42.4. The summed E-state index contributed by atoms with van der Waals surface area (Å²) in [6, 6.07) is 13.0. The van der Waals surface area contributed by atoms with Gasteiger partial charge in [0.15, 0.2) is 5.78 Å².